The molecule has 0 N–H and O–H groups in total. The predicted octanol–water partition coefficient (Wildman–Crippen LogP) is 1.88. The molecule has 1 aliphatic rings. The van der Waals surface area contributed by atoms with Crippen LogP contribution in [0.25, 0.3) is 0 Å². The molecular formula is C5H9IOZn. The van der Waals surface area contributed by atoms with Crippen molar-refractivity contribution in [3.8, 4) is 0 Å². The van der Waals surface area contributed by atoms with Crippen LogP contribution in [-0.2, 0) is 19.5 Å². The topological polar surface area (TPSA) is 9.23 Å². The van der Waals surface area contributed by atoms with Gasteiger partial charge in [-0.1, -0.05) is 0 Å². The third-order valence-electron chi connectivity index (χ3n) is 0.933. The Kier molecular flexibility index (Phi) is 9.68. The van der Waals surface area contributed by atoms with Crippen LogP contribution in [0.2, 0.25) is 0 Å². The van der Waals surface area contributed by atoms with Gasteiger partial charge >= 0.3 is 34.5 Å². The minimum absolute atomic E-state index is 0.944. The van der Waals surface area contributed by atoms with E-state index in [2.05, 4.69) is 26.2 Å². The molecule has 0 atom stereocenters. The molecule has 1 saturated heterocycles. The summed E-state index contributed by atoms with van der Waals surface area (Å²) in [6, 6.07) is 0. The van der Waals surface area contributed by atoms with Crippen LogP contribution in [0.5, 0.6) is 0 Å². The molecule has 0 aromatic heterocycles. The van der Waals surface area contributed by atoms with Crippen LogP contribution in [0.3, 0.4) is 0 Å². The fraction of sp³-hybridized carbons (Fsp3) is 0.800. The molecule has 0 amide bonds. The molecule has 0 aliphatic carbocycles. The molecule has 1 rings (SSSR count). The van der Waals surface area contributed by atoms with Crippen molar-refractivity contribution in [3.63, 3.8) is 0 Å². The molecule has 0 bridgehead atoms. The van der Waals surface area contributed by atoms with Crippen molar-refractivity contribution in [1.82, 2.24) is 0 Å². The zero-order chi connectivity index (χ0) is 6.24. The summed E-state index contributed by atoms with van der Waals surface area (Å²) in [7, 11) is 0. The SMILES string of the molecule is [CH-]1CCOCC1.[Zn+][I]. The number of rotatable bonds is 0. The Balaban J connectivity index is 0.000000222. The van der Waals surface area contributed by atoms with Crippen LogP contribution in [-0.4, -0.2) is 13.2 Å². The summed E-state index contributed by atoms with van der Waals surface area (Å²) in [6.45, 7) is 1.89. The normalized spacial score (nSPS) is 18.9. The van der Waals surface area contributed by atoms with Gasteiger partial charge in [0.25, 0.3) is 0 Å². The predicted molar refractivity (Wildman–Crippen MR) is 38.4 cm³/mol. The summed E-state index contributed by atoms with van der Waals surface area (Å²) >= 11 is 3.62. The zero-order valence-corrected chi connectivity index (χ0v) is 10.0. The van der Waals surface area contributed by atoms with Crippen molar-refractivity contribution in [2.24, 2.45) is 0 Å². The second-order valence-electron chi connectivity index (χ2n) is 1.48. The molecular weight excluding hydrogens is 268 g/mol. The van der Waals surface area contributed by atoms with E-state index in [4.69, 9.17) is 4.74 Å². The maximum absolute atomic E-state index is 5.04. The van der Waals surface area contributed by atoms with Crippen LogP contribution >= 0.6 is 19.8 Å². The van der Waals surface area contributed by atoms with Gasteiger partial charge in [-0.15, -0.1) is 0 Å². The number of halogens is 1. The maximum atomic E-state index is 5.04. The minimum atomic E-state index is 0.944. The van der Waals surface area contributed by atoms with Crippen molar-refractivity contribution in [3.05, 3.63) is 6.42 Å². The summed E-state index contributed by atoms with van der Waals surface area (Å²) in [5.74, 6) is 0. The second kappa shape index (κ2) is 8.31. The molecule has 1 heterocycles. The molecule has 1 nitrogen and oxygen atoms in total. The van der Waals surface area contributed by atoms with E-state index in [1.807, 2.05) is 0 Å². The van der Waals surface area contributed by atoms with E-state index in [1.54, 1.807) is 0 Å². The van der Waals surface area contributed by atoms with Crippen LogP contribution in [0.4, 0.5) is 0 Å². The monoisotopic (exact) mass is 276 g/mol. The fourth-order valence-electron chi connectivity index (χ4n) is 0.580. The third kappa shape index (κ3) is 5.45. The molecule has 0 aromatic rings. The van der Waals surface area contributed by atoms with Crippen LogP contribution < -0.4 is 0 Å². The molecule has 0 spiro atoms. The molecule has 1 fully saturated rings. The molecule has 1 aliphatic heterocycles. The van der Waals surface area contributed by atoms with Crippen molar-refractivity contribution >= 4 is 19.8 Å². The average molecular weight is 277 g/mol. The zero-order valence-electron chi connectivity index (χ0n) is 4.90. The fourth-order valence-corrected chi connectivity index (χ4v) is 0.580. The van der Waals surface area contributed by atoms with Crippen LogP contribution in [0.15, 0.2) is 0 Å². The standard InChI is InChI=1S/C5H9O.HI.Zn/c1-2-4-6-5-3-1;;/h1H,2-5H2;1H;/q-1;;+2/p-1. The first kappa shape index (κ1) is 9.31. The van der Waals surface area contributed by atoms with Gasteiger partial charge in [0.2, 0.25) is 0 Å². The first-order valence-corrected chi connectivity index (χ1v) is 11.7. The van der Waals surface area contributed by atoms with E-state index in [0.717, 1.165) is 26.1 Å². The van der Waals surface area contributed by atoms with Crippen LogP contribution in [0, 0.1) is 6.42 Å². The Morgan fingerprint density at radius 2 is 1.75 bits per heavy atom. The van der Waals surface area contributed by atoms with Crippen molar-refractivity contribution in [1.29, 1.82) is 0 Å². The number of hydrogen-bond donors (Lipinski definition) is 0. The molecule has 0 radical (unpaired) electrons. The van der Waals surface area contributed by atoms with E-state index >= 15 is 0 Å². The third-order valence-corrected chi connectivity index (χ3v) is 0.933. The van der Waals surface area contributed by atoms with E-state index in [-0.39, 0.29) is 0 Å². The Morgan fingerprint density at radius 3 is 1.88 bits per heavy atom. The van der Waals surface area contributed by atoms with Crippen molar-refractivity contribution in [2.45, 2.75) is 12.8 Å². The van der Waals surface area contributed by atoms with Crippen molar-refractivity contribution < 1.29 is 19.5 Å². The number of hydrogen-bond acceptors (Lipinski definition) is 1. The Hall–Kier alpha value is 1.31. The van der Waals surface area contributed by atoms with Gasteiger partial charge in [-0.25, -0.2) is 0 Å². The molecule has 8 heavy (non-hydrogen) atoms. The molecule has 0 unspecified atom stereocenters. The van der Waals surface area contributed by atoms with Gasteiger partial charge in [-0.05, 0) is 0 Å². The number of ether oxygens (including phenoxy) is 1. The average Bonchev–Trinajstić information content (AvgIpc) is 1.96. The van der Waals surface area contributed by atoms with Gasteiger partial charge in [0.15, 0.2) is 0 Å². The first-order valence-electron chi connectivity index (χ1n) is 2.66. The van der Waals surface area contributed by atoms with Gasteiger partial charge in [0.05, 0.1) is 0 Å². The van der Waals surface area contributed by atoms with E-state index in [1.165, 1.54) is 14.8 Å². The van der Waals surface area contributed by atoms with E-state index < -0.39 is 0 Å². The Labute approximate surface area is 71.4 Å². The van der Waals surface area contributed by atoms with Gasteiger partial charge < -0.3 is 11.2 Å². The Morgan fingerprint density at radius 1 is 1.25 bits per heavy atom. The summed E-state index contributed by atoms with van der Waals surface area (Å²) < 4.78 is 5.04. The molecule has 3 heteroatoms. The first-order chi connectivity index (χ1) is 4.00. The summed E-state index contributed by atoms with van der Waals surface area (Å²) in [5.41, 5.74) is 0. The second-order valence-corrected chi connectivity index (χ2v) is 1.48. The van der Waals surface area contributed by atoms with Gasteiger partial charge in [0.1, 0.15) is 0 Å². The van der Waals surface area contributed by atoms with Crippen LogP contribution in [0.1, 0.15) is 12.8 Å². The summed E-state index contributed by atoms with van der Waals surface area (Å²) in [6.07, 6.45) is 4.57. The molecule has 0 aromatic carbocycles. The van der Waals surface area contributed by atoms with E-state index in [9.17, 15) is 0 Å². The van der Waals surface area contributed by atoms with Gasteiger partial charge in [-0.2, -0.15) is 12.8 Å². The quantitative estimate of drug-likeness (QED) is 0.373. The Bertz CT molecular complexity index is 27.9. The summed E-state index contributed by atoms with van der Waals surface area (Å²) in [4.78, 5) is 0. The van der Waals surface area contributed by atoms with Gasteiger partial charge in [0, 0.05) is 13.2 Å². The molecule has 0 saturated carbocycles. The summed E-state index contributed by atoms with van der Waals surface area (Å²) in [5, 5.41) is 0. The van der Waals surface area contributed by atoms with Gasteiger partial charge in [-0.3, -0.25) is 0 Å². The van der Waals surface area contributed by atoms with E-state index in [0.29, 0.717) is 0 Å². The van der Waals surface area contributed by atoms with Crippen molar-refractivity contribution in [2.75, 3.05) is 13.2 Å². The molecule has 44 valence electrons.